The molecule has 0 heterocycles. The zero-order valence-corrected chi connectivity index (χ0v) is 34.2. The maximum absolute atomic E-state index is 13.1. The number of hydrogen-bond donors (Lipinski definition) is 0. The van der Waals surface area contributed by atoms with Crippen molar-refractivity contribution in [2.45, 2.75) is 81.1 Å². The van der Waals surface area contributed by atoms with Gasteiger partial charge < -0.3 is 9.11 Å². The summed E-state index contributed by atoms with van der Waals surface area (Å²) < 4.78 is 35.6. The molecule has 0 amide bonds. The monoisotopic (exact) mass is 720 g/mol. The Kier molecular flexibility index (Phi) is 10.5. The van der Waals surface area contributed by atoms with E-state index < -0.39 is 10.4 Å². The number of fused-ring (bicyclic) bond motifs is 4. The van der Waals surface area contributed by atoms with Gasteiger partial charge in [0.05, 0.1) is 42.3 Å². The normalized spacial score (nSPS) is 29.3. The molecule has 4 bridgehead atoms. The Labute approximate surface area is 307 Å². The molecule has 4 aliphatic rings. The number of carbonyl (C=O) groups is 2. The Morgan fingerprint density at radius 1 is 0.627 bits per heavy atom. The lowest BCUT2D eigenvalue weighted by Gasteiger charge is -2.31. The minimum atomic E-state index is -5.17. The van der Waals surface area contributed by atoms with Gasteiger partial charge in [0.2, 0.25) is 0 Å². The SMILES string of the molecule is Cc1ccc([N+](C)(C)C)c(C=C2C(=O)C3(C)CCC2C3(C)C)c1.Cc1ccc([N+](C)(C)C)c(C=C2C(=O)C3(C)CCC2C3(C)C)c1.O=S(=O)([O-])[O-]. The number of hydrogen-bond acceptors (Lipinski definition) is 6. The number of Topliss-reactive ketones (excluding diaryl/α,β-unsaturated/α-hetero) is 2. The molecule has 2 aromatic rings. The molecule has 2 aromatic carbocycles. The third-order valence-corrected chi connectivity index (χ3v) is 13.2. The van der Waals surface area contributed by atoms with E-state index in [0.29, 0.717) is 23.4 Å². The highest BCUT2D eigenvalue weighted by atomic mass is 32.3. The molecule has 6 rings (SSSR count). The van der Waals surface area contributed by atoms with Gasteiger partial charge in [-0.2, -0.15) is 0 Å². The van der Waals surface area contributed by atoms with Crippen LogP contribution in [0.3, 0.4) is 0 Å². The number of rotatable bonds is 4. The molecule has 4 unspecified atom stereocenters. The van der Waals surface area contributed by atoms with E-state index in [9.17, 15) is 9.59 Å². The molecule has 0 aromatic heterocycles. The largest absolute Gasteiger partial charge is 0.759 e. The van der Waals surface area contributed by atoms with Crippen LogP contribution in [0.25, 0.3) is 12.2 Å². The maximum Gasteiger partial charge on any atom is 0.165 e. The number of aryl methyl sites for hydroxylation is 2. The highest BCUT2D eigenvalue weighted by molar-refractivity contribution is 7.79. The van der Waals surface area contributed by atoms with Gasteiger partial charge in [-0.15, -0.1) is 0 Å². The molecule has 4 saturated carbocycles. The van der Waals surface area contributed by atoms with Gasteiger partial charge in [-0.3, -0.25) is 27.0 Å². The van der Waals surface area contributed by atoms with Gasteiger partial charge >= 0.3 is 0 Å². The lowest BCUT2D eigenvalue weighted by Crippen LogP contribution is -2.35. The standard InChI is InChI=1S/2C21H30NO.H2O4S/c2*1-14-8-9-18(22(5,6)7)15(12-14)13-16-17-10-11-21(4,19(16)23)20(17,2)3;1-5(2,3)4/h2*8-9,12-13,17H,10-11H2,1-7H3;(H2,1,2,3,4)/q2*+1;/p-2. The lowest BCUT2D eigenvalue weighted by molar-refractivity contribution is -0.126. The fourth-order valence-electron chi connectivity index (χ4n) is 9.32. The Bertz CT molecular complexity index is 1780. The molecular formula is C42H60N2O6S. The molecular weight excluding hydrogens is 661 g/mol. The molecule has 4 fully saturated rings. The maximum atomic E-state index is 13.1. The molecule has 0 radical (unpaired) electrons. The predicted octanol–water partition coefficient (Wildman–Crippen LogP) is 7.86. The van der Waals surface area contributed by atoms with E-state index in [4.69, 9.17) is 17.5 Å². The molecule has 280 valence electrons. The highest BCUT2D eigenvalue weighted by Crippen LogP contribution is 2.67. The average Bonchev–Trinajstić information content (AvgIpc) is 3.44. The minimum Gasteiger partial charge on any atom is -0.759 e. The summed E-state index contributed by atoms with van der Waals surface area (Å²) in [6.45, 7) is 17.7. The number of benzene rings is 2. The Balaban J connectivity index is 0.000000202. The average molecular weight is 721 g/mol. The van der Waals surface area contributed by atoms with Gasteiger partial charge in [-0.05, 0) is 98.6 Å². The number of quaternary nitrogens is 2. The fourth-order valence-corrected chi connectivity index (χ4v) is 9.32. The Hall–Kier alpha value is -2.95. The van der Waals surface area contributed by atoms with Crippen LogP contribution in [-0.2, 0) is 20.0 Å². The Morgan fingerprint density at radius 3 is 1.16 bits per heavy atom. The lowest BCUT2D eigenvalue weighted by atomic mass is 9.70. The van der Waals surface area contributed by atoms with Crippen LogP contribution in [-0.4, -0.2) is 71.4 Å². The second-order valence-corrected chi connectivity index (χ2v) is 19.5. The van der Waals surface area contributed by atoms with Gasteiger partial charge in [0.25, 0.3) is 0 Å². The number of allylic oxidation sites excluding steroid dienone is 2. The third-order valence-electron chi connectivity index (χ3n) is 13.2. The van der Waals surface area contributed by atoms with E-state index in [0.717, 1.165) is 45.8 Å². The van der Waals surface area contributed by atoms with Gasteiger partial charge in [0.15, 0.2) is 11.6 Å². The summed E-state index contributed by atoms with van der Waals surface area (Å²) in [5.41, 5.74) is 9.35. The van der Waals surface area contributed by atoms with Gasteiger partial charge in [-0.1, -0.05) is 64.8 Å². The zero-order chi connectivity index (χ0) is 38.9. The summed E-state index contributed by atoms with van der Waals surface area (Å²) in [6.07, 6.45) is 8.77. The van der Waals surface area contributed by atoms with Gasteiger partial charge in [0, 0.05) is 43.5 Å². The molecule has 51 heavy (non-hydrogen) atoms. The van der Waals surface area contributed by atoms with E-state index in [1.165, 1.54) is 33.6 Å². The zero-order valence-electron chi connectivity index (χ0n) is 33.4. The van der Waals surface area contributed by atoms with E-state index in [-0.39, 0.29) is 21.7 Å². The van der Waals surface area contributed by atoms with Crippen LogP contribution < -0.4 is 8.97 Å². The Morgan fingerprint density at radius 2 is 0.922 bits per heavy atom. The second-order valence-electron chi connectivity index (χ2n) is 18.7. The first-order valence-electron chi connectivity index (χ1n) is 18.0. The topological polar surface area (TPSA) is 114 Å². The van der Waals surface area contributed by atoms with Crippen LogP contribution in [0, 0.1) is 47.3 Å². The molecule has 4 atom stereocenters. The number of ketones is 2. The summed E-state index contributed by atoms with van der Waals surface area (Å²) in [5, 5.41) is 0. The fraction of sp³-hybridized carbons (Fsp3) is 0.571. The van der Waals surface area contributed by atoms with Crippen molar-refractivity contribution in [3.63, 3.8) is 0 Å². The van der Waals surface area contributed by atoms with E-state index in [1.807, 2.05) is 0 Å². The molecule has 0 N–H and O–H groups in total. The number of carbonyl (C=O) groups excluding carboxylic acids is 2. The summed E-state index contributed by atoms with van der Waals surface area (Å²) in [5.74, 6) is 1.57. The number of nitrogens with zero attached hydrogens (tertiary/aromatic N) is 2. The predicted molar refractivity (Wildman–Crippen MR) is 207 cm³/mol. The molecule has 0 saturated heterocycles. The first-order chi connectivity index (χ1) is 23.0. The molecule has 4 aliphatic carbocycles. The van der Waals surface area contributed by atoms with Crippen molar-refractivity contribution in [1.82, 2.24) is 8.97 Å². The van der Waals surface area contributed by atoms with Crippen molar-refractivity contribution < 1.29 is 27.1 Å². The molecule has 9 heteroatoms. The first kappa shape index (κ1) is 40.8. The van der Waals surface area contributed by atoms with Crippen molar-refractivity contribution in [2.24, 2.45) is 33.5 Å². The third kappa shape index (κ3) is 7.47. The van der Waals surface area contributed by atoms with Crippen molar-refractivity contribution in [2.75, 3.05) is 42.3 Å². The highest BCUT2D eigenvalue weighted by Gasteiger charge is 2.65. The first-order valence-corrected chi connectivity index (χ1v) is 19.3. The second kappa shape index (κ2) is 13.2. The van der Waals surface area contributed by atoms with Crippen molar-refractivity contribution in [3.8, 4) is 0 Å². The van der Waals surface area contributed by atoms with Crippen LogP contribution in [0.1, 0.15) is 89.5 Å². The van der Waals surface area contributed by atoms with Crippen molar-refractivity contribution in [3.05, 3.63) is 69.8 Å². The smallest absolute Gasteiger partial charge is 0.165 e. The summed E-state index contributed by atoms with van der Waals surface area (Å²) in [6, 6.07) is 13.2. The van der Waals surface area contributed by atoms with Crippen LogP contribution in [0.4, 0.5) is 11.4 Å². The van der Waals surface area contributed by atoms with Crippen molar-refractivity contribution >= 4 is 45.5 Å². The molecule has 0 spiro atoms. The summed E-state index contributed by atoms with van der Waals surface area (Å²) in [7, 11) is 7.92. The van der Waals surface area contributed by atoms with Gasteiger partial charge in [0.1, 0.15) is 11.4 Å². The quantitative estimate of drug-likeness (QED) is 0.138. The van der Waals surface area contributed by atoms with Crippen LogP contribution in [0.5, 0.6) is 0 Å². The van der Waals surface area contributed by atoms with E-state index in [1.54, 1.807) is 0 Å². The van der Waals surface area contributed by atoms with Crippen molar-refractivity contribution in [1.29, 1.82) is 0 Å². The molecule has 8 nitrogen and oxygen atoms in total. The van der Waals surface area contributed by atoms with Crippen LogP contribution in [0.15, 0.2) is 47.5 Å². The molecule has 0 aliphatic heterocycles. The minimum absolute atomic E-state index is 0.0799. The van der Waals surface area contributed by atoms with Gasteiger partial charge in [-0.25, -0.2) is 0 Å². The summed E-state index contributed by atoms with van der Waals surface area (Å²) >= 11 is 0. The van der Waals surface area contributed by atoms with Crippen LogP contribution >= 0.6 is 0 Å². The van der Waals surface area contributed by atoms with Crippen LogP contribution in [0.2, 0.25) is 0 Å². The van der Waals surface area contributed by atoms with E-state index in [2.05, 4.69) is 146 Å². The van der Waals surface area contributed by atoms with E-state index >= 15 is 0 Å². The summed E-state index contributed by atoms with van der Waals surface area (Å²) in [4.78, 5) is 26.2.